The molecule has 2 aliphatic rings. The maximum absolute atomic E-state index is 4.37. The number of rotatable bonds is 1. The lowest BCUT2D eigenvalue weighted by Crippen LogP contribution is -2.12. The zero-order valence-corrected chi connectivity index (χ0v) is 9.75. The fourth-order valence-electron chi connectivity index (χ4n) is 2.61. The second kappa shape index (κ2) is 4.13. The van der Waals surface area contributed by atoms with E-state index in [1.807, 2.05) is 6.92 Å². The molecule has 0 aromatic heterocycles. The lowest BCUT2D eigenvalue weighted by atomic mass is 9.88. The molecule has 1 aromatic carbocycles. The van der Waals surface area contributed by atoms with Crippen LogP contribution < -0.4 is 0 Å². The number of benzene rings is 1. The van der Waals surface area contributed by atoms with Crippen LogP contribution in [-0.4, -0.2) is 11.9 Å². The third-order valence-electron chi connectivity index (χ3n) is 3.33. The van der Waals surface area contributed by atoms with E-state index in [-0.39, 0.29) is 0 Å². The molecular weight excluding hydrogens is 208 g/mol. The van der Waals surface area contributed by atoms with Crippen LogP contribution in [0.3, 0.4) is 0 Å². The highest BCUT2D eigenvalue weighted by Crippen LogP contribution is 2.41. The second-order valence-corrected chi connectivity index (χ2v) is 4.27. The Morgan fingerprint density at radius 2 is 1.82 bits per heavy atom. The summed E-state index contributed by atoms with van der Waals surface area (Å²) in [5, 5.41) is 8.42. The van der Waals surface area contributed by atoms with E-state index in [0.29, 0.717) is 11.8 Å². The van der Waals surface area contributed by atoms with Gasteiger partial charge in [-0.15, -0.1) is 0 Å². The maximum atomic E-state index is 4.37. The molecule has 0 amide bonds. The summed E-state index contributed by atoms with van der Waals surface area (Å²) in [6.45, 7) is 1.89. The van der Waals surface area contributed by atoms with Gasteiger partial charge in [0.1, 0.15) is 0 Å². The highest BCUT2D eigenvalue weighted by molar-refractivity contribution is 6.08. The molecule has 0 N–H and O–H groups in total. The first-order valence-corrected chi connectivity index (χ1v) is 5.91. The van der Waals surface area contributed by atoms with Crippen LogP contribution in [0.4, 0.5) is 0 Å². The van der Waals surface area contributed by atoms with Gasteiger partial charge >= 0.3 is 0 Å². The minimum atomic E-state index is 0.348. The molecular formula is C15H14N2. The van der Waals surface area contributed by atoms with Crippen molar-refractivity contribution < 1.29 is 0 Å². The maximum Gasteiger partial charge on any atom is 0.0783 e. The van der Waals surface area contributed by atoms with Crippen LogP contribution in [0, 0.1) is 5.92 Å². The molecule has 0 spiro atoms. The van der Waals surface area contributed by atoms with Gasteiger partial charge in [0.15, 0.2) is 0 Å². The minimum absolute atomic E-state index is 0.348. The average molecular weight is 222 g/mol. The van der Waals surface area contributed by atoms with Crippen molar-refractivity contribution in [2.24, 2.45) is 16.1 Å². The summed E-state index contributed by atoms with van der Waals surface area (Å²) >= 11 is 0. The Kier molecular flexibility index (Phi) is 2.48. The third-order valence-corrected chi connectivity index (χ3v) is 3.33. The van der Waals surface area contributed by atoms with Gasteiger partial charge in [-0.25, -0.2) is 0 Å². The molecule has 1 aromatic rings. The molecule has 0 fully saturated rings. The number of hydrogen-bond acceptors (Lipinski definition) is 2. The first kappa shape index (κ1) is 10.2. The Morgan fingerprint density at radius 1 is 1.06 bits per heavy atom. The lowest BCUT2D eigenvalue weighted by molar-refractivity contribution is 0.764. The molecule has 0 heterocycles. The van der Waals surface area contributed by atoms with E-state index in [9.17, 15) is 0 Å². The van der Waals surface area contributed by atoms with Crippen LogP contribution in [-0.2, 0) is 0 Å². The van der Waals surface area contributed by atoms with Crippen molar-refractivity contribution >= 4 is 11.9 Å². The van der Waals surface area contributed by atoms with Gasteiger partial charge in [0, 0.05) is 23.6 Å². The van der Waals surface area contributed by atoms with Crippen molar-refractivity contribution in [2.45, 2.75) is 12.8 Å². The Labute approximate surface area is 101 Å². The standard InChI is InChI=1S/C15H14N2/c1-2-16-17-15-13-9-5-3-7-11(13)12-8-4-6-10-14(12)15/h2-11,13H,1H3/b16-2+,17-15-. The first-order chi connectivity index (χ1) is 8.42. The molecule has 0 saturated carbocycles. The molecule has 84 valence electrons. The summed E-state index contributed by atoms with van der Waals surface area (Å²) < 4.78 is 0. The Balaban J connectivity index is 2.16. The van der Waals surface area contributed by atoms with E-state index >= 15 is 0 Å². The molecule has 2 atom stereocenters. The summed E-state index contributed by atoms with van der Waals surface area (Å²) in [7, 11) is 0. The first-order valence-electron chi connectivity index (χ1n) is 5.91. The summed E-state index contributed by atoms with van der Waals surface area (Å²) in [6, 6.07) is 8.48. The fraction of sp³-hybridized carbons (Fsp3) is 0.200. The number of allylic oxidation sites excluding steroid dienone is 4. The van der Waals surface area contributed by atoms with Crippen LogP contribution >= 0.6 is 0 Å². The molecule has 0 saturated heterocycles. The van der Waals surface area contributed by atoms with Gasteiger partial charge in [0.2, 0.25) is 0 Å². The van der Waals surface area contributed by atoms with Gasteiger partial charge in [-0.05, 0) is 12.5 Å². The molecule has 2 heteroatoms. The number of nitrogens with zero attached hydrogens (tertiary/aromatic N) is 2. The lowest BCUT2D eigenvalue weighted by Gasteiger charge is -2.15. The summed E-state index contributed by atoms with van der Waals surface area (Å²) in [4.78, 5) is 0. The zero-order chi connectivity index (χ0) is 11.7. The summed E-state index contributed by atoms with van der Waals surface area (Å²) in [6.07, 6.45) is 10.4. The Hall–Kier alpha value is -1.96. The van der Waals surface area contributed by atoms with Crippen LogP contribution in [0.2, 0.25) is 0 Å². The van der Waals surface area contributed by atoms with Crippen LogP contribution in [0.25, 0.3) is 0 Å². The van der Waals surface area contributed by atoms with Gasteiger partial charge in [-0.1, -0.05) is 48.6 Å². The topological polar surface area (TPSA) is 24.7 Å². The number of fused-ring (bicyclic) bond motifs is 3. The second-order valence-electron chi connectivity index (χ2n) is 4.27. The van der Waals surface area contributed by atoms with Crippen molar-refractivity contribution in [1.82, 2.24) is 0 Å². The van der Waals surface area contributed by atoms with E-state index in [4.69, 9.17) is 0 Å². The minimum Gasteiger partial charge on any atom is -0.164 e. The summed E-state index contributed by atoms with van der Waals surface area (Å²) in [5.41, 5.74) is 3.69. The Bertz CT molecular complexity index is 550. The fourth-order valence-corrected chi connectivity index (χ4v) is 2.61. The summed E-state index contributed by atoms with van der Waals surface area (Å²) in [5.74, 6) is 0.781. The van der Waals surface area contributed by atoms with Crippen molar-refractivity contribution in [3.8, 4) is 0 Å². The van der Waals surface area contributed by atoms with Crippen LogP contribution in [0.1, 0.15) is 24.0 Å². The highest BCUT2D eigenvalue weighted by atomic mass is 15.2. The Morgan fingerprint density at radius 3 is 2.65 bits per heavy atom. The molecule has 2 unspecified atom stereocenters. The van der Waals surface area contributed by atoms with E-state index in [2.05, 4.69) is 58.8 Å². The zero-order valence-electron chi connectivity index (χ0n) is 9.75. The number of hydrogen-bond donors (Lipinski definition) is 0. The molecule has 3 rings (SSSR count). The van der Waals surface area contributed by atoms with E-state index in [1.165, 1.54) is 11.1 Å². The van der Waals surface area contributed by atoms with Gasteiger partial charge < -0.3 is 0 Å². The van der Waals surface area contributed by atoms with Gasteiger partial charge in [-0.3, -0.25) is 0 Å². The predicted octanol–water partition coefficient (Wildman–Crippen LogP) is 3.32. The highest BCUT2D eigenvalue weighted by Gasteiger charge is 2.35. The molecule has 0 aliphatic heterocycles. The van der Waals surface area contributed by atoms with Gasteiger partial charge in [0.05, 0.1) is 5.71 Å². The van der Waals surface area contributed by atoms with Crippen molar-refractivity contribution in [1.29, 1.82) is 0 Å². The molecule has 17 heavy (non-hydrogen) atoms. The van der Waals surface area contributed by atoms with Crippen molar-refractivity contribution in [3.05, 3.63) is 59.7 Å². The molecule has 0 bridgehead atoms. The van der Waals surface area contributed by atoms with E-state index < -0.39 is 0 Å². The monoisotopic (exact) mass is 222 g/mol. The largest absolute Gasteiger partial charge is 0.164 e. The quantitative estimate of drug-likeness (QED) is 0.514. The van der Waals surface area contributed by atoms with E-state index in [1.54, 1.807) is 6.21 Å². The molecule has 2 nitrogen and oxygen atoms in total. The SMILES string of the molecule is C/C=N/N=C1\c2ccccc2C2C=CC=CC12. The van der Waals surface area contributed by atoms with E-state index in [0.717, 1.165) is 5.71 Å². The normalized spacial score (nSPS) is 27.7. The van der Waals surface area contributed by atoms with Crippen molar-refractivity contribution in [3.63, 3.8) is 0 Å². The molecule has 0 radical (unpaired) electrons. The predicted molar refractivity (Wildman–Crippen MR) is 71.7 cm³/mol. The van der Waals surface area contributed by atoms with Crippen molar-refractivity contribution in [2.75, 3.05) is 0 Å². The molecule has 2 aliphatic carbocycles. The van der Waals surface area contributed by atoms with Crippen LogP contribution in [0.15, 0.2) is 58.8 Å². The average Bonchev–Trinajstić information content (AvgIpc) is 2.71. The van der Waals surface area contributed by atoms with Gasteiger partial charge in [0.25, 0.3) is 0 Å². The van der Waals surface area contributed by atoms with Gasteiger partial charge in [-0.2, -0.15) is 10.2 Å². The smallest absolute Gasteiger partial charge is 0.0783 e. The third kappa shape index (κ3) is 1.57. The van der Waals surface area contributed by atoms with Crippen LogP contribution in [0.5, 0.6) is 0 Å².